The maximum Gasteiger partial charge on any atom is 0.272 e. The summed E-state index contributed by atoms with van der Waals surface area (Å²) < 4.78 is 21.9. The molecule has 0 bridgehead atoms. The van der Waals surface area contributed by atoms with E-state index in [4.69, 9.17) is 28.3 Å². The molecule has 1 aromatic heterocycles. The molecule has 0 fully saturated rings. The van der Waals surface area contributed by atoms with Crippen molar-refractivity contribution >= 4 is 44.8 Å². The number of benzene rings is 1. The van der Waals surface area contributed by atoms with Gasteiger partial charge in [-0.05, 0) is 23.8 Å². The Bertz CT molecular complexity index is 750. The molecule has 0 unspecified atom stereocenters. The summed E-state index contributed by atoms with van der Waals surface area (Å²) in [6.45, 7) is 0. The molecule has 0 radical (unpaired) electrons. The molecule has 0 atom stereocenters. The highest BCUT2D eigenvalue weighted by atomic mass is 35.5. The number of aromatic nitrogens is 1. The summed E-state index contributed by atoms with van der Waals surface area (Å²) in [6, 6.07) is 7.69. The number of carbonyl (C=O) groups is 1. The summed E-state index contributed by atoms with van der Waals surface area (Å²) in [5.74, 6) is -0.675. The van der Waals surface area contributed by atoms with Crippen molar-refractivity contribution in [3.05, 3.63) is 51.8 Å². The second kappa shape index (κ2) is 6.07. The normalized spacial score (nSPS) is 11.4. The smallest absolute Gasteiger partial charge is 0.272 e. The van der Waals surface area contributed by atoms with E-state index in [9.17, 15) is 13.2 Å². The Morgan fingerprint density at radius 1 is 1.24 bits per heavy atom. The summed E-state index contributed by atoms with van der Waals surface area (Å²) in [5, 5.41) is 8.01. The van der Waals surface area contributed by atoms with E-state index in [2.05, 4.69) is 10.3 Å². The Morgan fingerprint density at radius 2 is 1.86 bits per heavy atom. The van der Waals surface area contributed by atoms with Gasteiger partial charge in [-0.2, -0.15) is 0 Å². The molecule has 1 heterocycles. The van der Waals surface area contributed by atoms with Gasteiger partial charge in [-0.3, -0.25) is 4.79 Å². The molecular weight excluding hydrogens is 337 g/mol. The average molecular weight is 348 g/mol. The van der Waals surface area contributed by atoms with Crippen molar-refractivity contribution in [3.63, 3.8) is 0 Å². The molecule has 6 nitrogen and oxygen atoms in total. The van der Waals surface area contributed by atoms with Gasteiger partial charge in [0.25, 0.3) is 5.91 Å². The average Bonchev–Trinajstić information content (AvgIpc) is 2.70. The number of carbonyl (C=O) groups excluding carboxylic acids is 1. The molecule has 21 heavy (non-hydrogen) atoms. The van der Waals surface area contributed by atoms with Crippen molar-refractivity contribution < 1.29 is 13.2 Å². The number of aromatic amines is 1. The second-order valence-electron chi connectivity index (χ2n) is 4.30. The first kappa shape index (κ1) is 15.8. The van der Waals surface area contributed by atoms with Gasteiger partial charge >= 0.3 is 0 Å². The number of anilines is 1. The van der Waals surface area contributed by atoms with Gasteiger partial charge in [0.1, 0.15) is 10.8 Å². The zero-order valence-corrected chi connectivity index (χ0v) is 12.9. The number of nitrogens with one attached hydrogen (secondary N) is 2. The molecule has 0 aliphatic heterocycles. The van der Waals surface area contributed by atoms with Gasteiger partial charge in [0.05, 0.1) is 10.8 Å². The fraction of sp³-hybridized carbons (Fsp3) is 0.0833. The van der Waals surface area contributed by atoms with E-state index in [0.29, 0.717) is 11.3 Å². The molecule has 0 saturated heterocycles. The fourth-order valence-electron chi connectivity index (χ4n) is 1.64. The zero-order valence-electron chi connectivity index (χ0n) is 10.6. The summed E-state index contributed by atoms with van der Waals surface area (Å²) in [4.78, 5) is 14.6. The third-order valence-electron chi connectivity index (χ3n) is 2.55. The summed E-state index contributed by atoms with van der Waals surface area (Å²) in [5.41, 5.74) is 1.25. The number of sulfonamides is 1. The first-order chi connectivity index (χ1) is 9.74. The van der Waals surface area contributed by atoms with Gasteiger partial charge in [-0.15, -0.1) is 0 Å². The Hall–Kier alpha value is -1.54. The largest absolute Gasteiger partial charge is 0.340 e. The van der Waals surface area contributed by atoms with Gasteiger partial charge in [0.15, 0.2) is 0 Å². The molecule has 0 aliphatic carbocycles. The van der Waals surface area contributed by atoms with E-state index in [1.54, 1.807) is 24.3 Å². The van der Waals surface area contributed by atoms with E-state index >= 15 is 0 Å². The monoisotopic (exact) mass is 347 g/mol. The van der Waals surface area contributed by atoms with Crippen LogP contribution >= 0.6 is 23.2 Å². The Balaban J connectivity index is 2.08. The lowest BCUT2D eigenvalue weighted by atomic mass is 10.2. The molecule has 0 aliphatic rings. The molecular formula is C12H11Cl2N3O3S. The first-order valence-electron chi connectivity index (χ1n) is 5.69. The van der Waals surface area contributed by atoms with Crippen LogP contribution in [0, 0.1) is 0 Å². The highest BCUT2D eigenvalue weighted by molar-refractivity contribution is 7.88. The first-order valence-corrected chi connectivity index (χ1v) is 8.16. The minimum atomic E-state index is -3.58. The highest BCUT2D eigenvalue weighted by Crippen LogP contribution is 2.22. The van der Waals surface area contributed by atoms with Crippen LogP contribution in [0.5, 0.6) is 0 Å². The van der Waals surface area contributed by atoms with E-state index in [-0.39, 0.29) is 21.6 Å². The van der Waals surface area contributed by atoms with Gasteiger partial charge in [-0.1, -0.05) is 35.3 Å². The predicted molar refractivity (Wildman–Crippen MR) is 82.0 cm³/mol. The Morgan fingerprint density at radius 3 is 2.33 bits per heavy atom. The lowest BCUT2D eigenvalue weighted by molar-refractivity contribution is 0.102. The van der Waals surface area contributed by atoms with Crippen LogP contribution in [0.3, 0.4) is 0 Å². The van der Waals surface area contributed by atoms with Crippen LogP contribution in [0.15, 0.2) is 30.3 Å². The number of H-pyrrole nitrogens is 1. The number of halogens is 2. The number of rotatable bonds is 4. The third-order valence-corrected chi connectivity index (χ3v) is 3.98. The Kier molecular flexibility index (Phi) is 4.58. The maximum absolute atomic E-state index is 11.9. The molecule has 1 amide bonds. The summed E-state index contributed by atoms with van der Waals surface area (Å²) >= 11 is 11.5. The SMILES string of the molecule is NS(=O)(=O)Cc1ccc(NC(=O)c2cc(Cl)c(Cl)[nH]2)cc1. The van der Waals surface area contributed by atoms with Crippen LogP contribution < -0.4 is 10.5 Å². The zero-order chi connectivity index (χ0) is 15.6. The van der Waals surface area contributed by atoms with Crippen LogP contribution in [-0.4, -0.2) is 19.3 Å². The standard InChI is InChI=1S/C12H11Cl2N3O3S/c13-9-5-10(17-11(9)14)12(18)16-8-3-1-7(2-4-8)6-21(15,19)20/h1-5,17H,6H2,(H,16,18)(H2,15,19,20). The van der Waals surface area contributed by atoms with Crippen molar-refractivity contribution in [2.24, 2.45) is 5.14 Å². The molecule has 2 rings (SSSR count). The number of hydrogen-bond donors (Lipinski definition) is 3. The summed E-state index contributed by atoms with van der Waals surface area (Å²) in [6.07, 6.45) is 0. The molecule has 0 saturated carbocycles. The van der Waals surface area contributed by atoms with Gasteiger partial charge in [-0.25, -0.2) is 13.6 Å². The molecule has 2 aromatic rings. The third kappa shape index (κ3) is 4.47. The number of nitrogens with two attached hydrogens (primary N) is 1. The van der Waals surface area contributed by atoms with E-state index in [1.165, 1.54) is 6.07 Å². The van der Waals surface area contributed by atoms with Crippen molar-refractivity contribution in [2.75, 3.05) is 5.32 Å². The van der Waals surface area contributed by atoms with Crippen molar-refractivity contribution in [1.29, 1.82) is 0 Å². The number of hydrogen-bond acceptors (Lipinski definition) is 3. The maximum atomic E-state index is 11.9. The highest BCUT2D eigenvalue weighted by Gasteiger charge is 2.12. The van der Waals surface area contributed by atoms with Gasteiger partial charge in [0.2, 0.25) is 10.0 Å². The van der Waals surface area contributed by atoms with Crippen LogP contribution in [0.4, 0.5) is 5.69 Å². The van der Waals surface area contributed by atoms with Gasteiger partial charge in [0, 0.05) is 5.69 Å². The predicted octanol–water partition coefficient (Wildman–Crippen LogP) is 2.36. The minimum Gasteiger partial charge on any atom is -0.340 e. The molecule has 0 spiro atoms. The van der Waals surface area contributed by atoms with Crippen LogP contribution in [0.2, 0.25) is 10.2 Å². The Labute approximate surface area is 131 Å². The molecule has 1 aromatic carbocycles. The van der Waals surface area contributed by atoms with Crippen LogP contribution in [0.1, 0.15) is 16.1 Å². The summed E-state index contributed by atoms with van der Waals surface area (Å²) in [7, 11) is -3.58. The van der Waals surface area contributed by atoms with E-state index in [0.717, 1.165) is 0 Å². The van der Waals surface area contributed by atoms with Gasteiger partial charge < -0.3 is 10.3 Å². The second-order valence-corrected chi connectivity index (χ2v) is 6.70. The minimum absolute atomic E-state index is 0.185. The van der Waals surface area contributed by atoms with Crippen molar-refractivity contribution in [1.82, 2.24) is 4.98 Å². The van der Waals surface area contributed by atoms with E-state index < -0.39 is 15.9 Å². The fourth-order valence-corrected chi connectivity index (χ4v) is 2.61. The van der Waals surface area contributed by atoms with Crippen LogP contribution in [0.25, 0.3) is 0 Å². The molecule has 9 heteroatoms. The quantitative estimate of drug-likeness (QED) is 0.790. The van der Waals surface area contributed by atoms with E-state index in [1.807, 2.05) is 0 Å². The molecule has 4 N–H and O–H groups in total. The molecule has 112 valence electrons. The number of primary sulfonamides is 1. The topological polar surface area (TPSA) is 105 Å². The lowest BCUT2D eigenvalue weighted by Gasteiger charge is -2.05. The van der Waals surface area contributed by atoms with Crippen LogP contribution in [-0.2, 0) is 15.8 Å². The lowest BCUT2D eigenvalue weighted by Crippen LogP contribution is -2.15. The number of amides is 1. The van der Waals surface area contributed by atoms with Crippen molar-refractivity contribution in [2.45, 2.75) is 5.75 Å². The van der Waals surface area contributed by atoms with Crippen molar-refractivity contribution in [3.8, 4) is 0 Å².